The Kier molecular flexibility index (Phi) is 2.57. The Bertz CT molecular complexity index is 759. The second-order valence-electron chi connectivity index (χ2n) is 3.37. The molecular formula is C10H2I2S4. The summed E-state index contributed by atoms with van der Waals surface area (Å²) in [5.74, 6) is 0. The summed E-state index contributed by atoms with van der Waals surface area (Å²) in [5, 5.41) is 2.94. The minimum absolute atomic E-state index is 1.40. The van der Waals surface area contributed by atoms with Gasteiger partial charge in [-0.15, -0.1) is 45.3 Å². The van der Waals surface area contributed by atoms with E-state index in [0.29, 0.717) is 0 Å². The number of thiophene rings is 4. The molecule has 0 saturated heterocycles. The normalized spacial score (nSPS) is 12.4. The lowest BCUT2D eigenvalue weighted by molar-refractivity contribution is 2.09. The third kappa shape index (κ3) is 1.46. The van der Waals surface area contributed by atoms with Crippen LogP contribution in [-0.2, 0) is 0 Å². The van der Waals surface area contributed by atoms with Crippen LogP contribution in [0.1, 0.15) is 0 Å². The summed E-state index contributed by atoms with van der Waals surface area (Å²) >= 11 is 12.6. The molecule has 0 nitrogen and oxygen atoms in total. The fraction of sp³-hybridized carbons (Fsp3) is 0. The van der Waals surface area contributed by atoms with Gasteiger partial charge in [0.15, 0.2) is 0 Å². The molecule has 0 aromatic carbocycles. The highest BCUT2D eigenvalue weighted by Gasteiger charge is 2.15. The molecule has 0 aliphatic carbocycles. The summed E-state index contributed by atoms with van der Waals surface area (Å²) in [6.07, 6.45) is 0. The lowest BCUT2D eigenvalue weighted by Crippen LogP contribution is -1.51. The second-order valence-corrected chi connectivity index (χ2v) is 11.8. The number of hydrogen-bond donors (Lipinski definition) is 0. The standard InChI is InChI=1S/C10H2I2S4/c11-5-1-3-7-8(16-9(3)13-5)4-2-6(12)14-10(4)15-7/h1-2H. The van der Waals surface area contributed by atoms with E-state index in [9.17, 15) is 0 Å². The largest absolute Gasteiger partial charge is 0.123 e. The Morgan fingerprint density at radius 2 is 1.12 bits per heavy atom. The van der Waals surface area contributed by atoms with E-state index in [4.69, 9.17) is 0 Å². The molecule has 0 unspecified atom stereocenters. The predicted octanol–water partition coefficient (Wildman–Crippen LogP) is 6.60. The topological polar surface area (TPSA) is 0 Å². The highest BCUT2D eigenvalue weighted by Crippen LogP contribution is 2.49. The van der Waals surface area contributed by atoms with Crippen molar-refractivity contribution in [2.75, 3.05) is 0 Å². The first-order chi connectivity index (χ1) is 7.72. The molecule has 4 rings (SSSR count). The molecule has 0 aliphatic rings. The van der Waals surface area contributed by atoms with Gasteiger partial charge in [0.1, 0.15) is 0 Å². The van der Waals surface area contributed by atoms with E-state index in [0.717, 1.165) is 0 Å². The van der Waals surface area contributed by atoms with Crippen molar-refractivity contribution in [1.29, 1.82) is 0 Å². The van der Waals surface area contributed by atoms with Gasteiger partial charge in [0.05, 0.1) is 23.2 Å². The van der Waals surface area contributed by atoms with Gasteiger partial charge in [-0.3, -0.25) is 0 Å². The van der Waals surface area contributed by atoms with Crippen molar-refractivity contribution in [2.24, 2.45) is 0 Å². The minimum Gasteiger partial charge on any atom is -0.123 e. The zero-order valence-electron chi connectivity index (χ0n) is 7.54. The summed E-state index contributed by atoms with van der Waals surface area (Å²) in [4.78, 5) is 0. The van der Waals surface area contributed by atoms with Crippen LogP contribution in [0.4, 0.5) is 0 Å². The summed E-state index contributed by atoms with van der Waals surface area (Å²) in [6, 6.07) is 4.65. The van der Waals surface area contributed by atoms with Gasteiger partial charge in [-0.2, -0.15) is 0 Å². The van der Waals surface area contributed by atoms with Gasteiger partial charge in [0.25, 0.3) is 0 Å². The van der Waals surface area contributed by atoms with Gasteiger partial charge in [-0.25, -0.2) is 0 Å². The van der Waals surface area contributed by atoms with E-state index in [1.54, 1.807) is 0 Å². The van der Waals surface area contributed by atoms with Crippen LogP contribution < -0.4 is 0 Å². The number of halogens is 2. The fourth-order valence-corrected chi connectivity index (χ4v) is 9.62. The third-order valence-corrected chi connectivity index (χ3v) is 9.00. The lowest BCUT2D eigenvalue weighted by Gasteiger charge is -1.77. The van der Waals surface area contributed by atoms with E-state index < -0.39 is 0 Å². The Balaban J connectivity index is 2.28. The van der Waals surface area contributed by atoms with E-state index in [2.05, 4.69) is 57.3 Å². The zero-order chi connectivity index (χ0) is 10.9. The van der Waals surface area contributed by atoms with Crippen molar-refractivity contribution in [1.82, 2.24) is 0 Å². The number of fused-ring (bicyclic) bond motifs is 5. The molecule has 0 radical (unpaired) electrons. The number of hydrogen-bond acceptors (Lipinski definition) is 4. The highest BCUT2D eigenvalue weighted by molar-refractivity contribution is 14.1. The molecule has 0 saturated carbocycles. The molecule has 6 heteroatoms. The molecule has 0 aliphatic heterocycles. The Labute approximate surface area is 135 Å². The van der Waals surface area contributed by atoms with Crippen molar-refractivity contribution >= 4 is 119 Å². The van der Waals surface area contributed by atoms with E-state index in [1.807, 2.05) is 45.3 Å². The van der Waals surface area contributed by atoms with Crippen LogP contribution in [-0.4, -0.2) is 0 Å². The second kappa shape index (κ2) is 3.77. The fourth-order valence-electron chi connectivity index (χ4n) is 1.79. The zero-order valence-corrected chi connectivity index (χ0v) is 15.1. The molecule has 80 valence electrons. The van der Waals surface area contributed by atoms with Crippen LogP contribution in [0, 0.1) is 5.77 Å². The summed E-state index contributed by atoms with van der Waals surface area (Å²) in [5.41, 5.74) is 0. The van der Waals surface area contributed by atoms with Crippen LogP contribution >= 0.6 is 90.5 Å². The first-order valence-corrected chi connectivity index (χ1v) is 9.84. The van der Waals surface area contributed by atoms with Gasteiger partial charge in [-0.05, 0) is 57.3 Å². The summed E-state index contributed by atoms with van der Waals surface area (Å²) < 4.78 is 8.75. The maximum atomic E-state index is 2.42. The molecule has 4 aromatic rings. The Hall–Kier alpha value is 1.04. The minimum atomic E-state index is 1.40. The van der Waals surface area contributed by atoms with Crippen LogP contribution in [0.15, 0.2) is 12.1 Å². The van der Waals surface area contributed by atoms with E-state index in [-0.39, 0.29) is 0 Å². The van der Waals surface area contributed by atoms with E-state index in [1.165, 1.54) is 34.0 Å². The molecule has 4 aromatic heterocycles. The van der Waals surface area contributed by atoms with Gasteiger partial charge < -0.3 is 0 Å². The van der Waals surface area contributed by atoms with Crippen molar-refractivity contribution in [3.8, 4) is 0 Å². The van der Waals surface area contributed by atoms with Crippen molar-refractivity contribution < 1.29 is 0 Å². The van der Waals surface area contributed by atoms with Gasteiger partial charge in [0.2, 0.25) is 0 Å². The van der Waals surface area contributed by atoms with Crippen molar-refractivity contribution in [3.05, 3.63) is 17.9 Å². The van der Waals surface area contributed by atoms with Crippen molar-refractivity contribution in [3.63, 3.8) is 0 Å². The SMILES string of the molecule is Ic1cc2c(s1)sc1c3cc(I)sc3sc21. The first-order valence-electron chi connectivity index (χ1n) is 4.42. The summed E-state index contributed by atoms with van der Waals surface area (Å²) in [6.45, 7) is 0. The quantitative estimate of drug-likeness (QED) is 0.237. The monoisotopic (exact) mass is 504 g/mol. The molecule has 0 fully saturated rings. The molecule has 0 N–H and O–H groups in total. The maximum absolute atomic E-state index is 2.42. The smallest absolute Gasteiger partial charge is 0.0897 e. The molecule has 16 heavy (non-hydrogen) atoms. The molecule has 4 heterocycles. The highest BCUT2D eigenvalue weighted by atomic mass is 127. The van der Waals surface area contributed by atoms with Gasteiger partial charge >= 0.3 is 0 Å². The van der Waals surface area contributed by atoms with E-state index >= 15 is 0 Å². The van der Waals surface area contributed by atoms with Crippen LogP contribution in [0.25, 0.3) is 28.2 Å². The first kappa shape index (κ1) is 10.9. The molecule has 0 bridgehead atoms. The Morgan fingerprint density at radius 3 is 1.56 bits per heavy atom. The Morgan fingerprint density at radius 1 is 0.688 bits per heavy atom. The molecule has 0 spiro atoms. The average Bonchev–Trinajstić information content (AvgIpc) is 2.85. The van der Waals surface area contributed by atoms with Gasteiger partial charge in [0, 0.05) is 10.8 Å². The van der Waals surface area contributed by atoms with Crippen LogP contribution in [0.5, 0.6) is 0 Å². The maximum Gasteiger partial charge on any atom is 0.0897 e. The van der Waals surface area contributed by atoms with Crippen LogP contribution in [0.2, 0.25) is 0 Å². The van der Waals surface area contributed by atoms with Crippen LogP contribution in [0.3, 0.4) is 0 Å². The lowest BCUT2D eigenvalue weighted by atomic mass is 10.3. The van der Waals surface area contributed by atoms with Gasteiger partial charge in [-0.1, -0.05) is 0 Å². The molecular weight excluding hydrogens is 502 g/mol. The molecule has 0 amide bonds. The molecule has 0 atom stereocenters. The average molecular weight is 504 g/mol. The third-order valence-electron chi connectivity index (χ3n) is 2.42. The summed E-state index contributed by atoms with van der Waals surface area (Å²) in [7, 11) is 0. The predicted molar refractivity (Wildman–Crippen MR) is 95.9 cm³/mol. The number of rotatable bonds is 0. The van der Waals surface area contributed by atoms with Crippen molar-refractivity contribution in [2.45, 2.75) is 0 Å².